The average Bonchev–Trinajstić information content (AvgIpc) is 3.27. The number of hydrogen-bond donors (Lipinski definition) is 2. The number of benzene rings is 1. The van der Waals surface area contributed by atoms with Gasteiger partial charge in [-0.3, -0.25) is 14.8 Å². The van der Waals surface area contributed by atoms with Crippen LogP contribution in [-0.2, 0) is 4.74 Å². The monoisotopic (exact) mass is 517 g/mol. The van der Waals surface area contributed by atoms with Gasteiger partial charge in [-0.25, -0.2) is 0 Å². The summed E-state index contributed by atoms with van der Waals surface area (Å²) in [6.07, 6.45) is 3.56. The number of nitrogens with zero attached hydrogens (tertiary/aromatic N) is 3. The van der Waals surface area contributed by atoms with E-state index in [1.165, 1.54) is 18.4 Å². The van der Waals surface area contributed by atoms with Crippen molar-refractivity contribution in [2.24, 2.45) is 10.7 Å². The van der Waals surface area contributed by atoms with Crippen molar-refractivity contribution in [2.75, 3.05) is 66.1 Å². The topological polar surface area (TPSA) is 75.3 Å². The highest BCUT2D eigenvalue weighted by atomic mass is 127. The molecule has 0 amide bonds. The van der Waals surface area contributed by atoms with Gasteiger partial charge in [-0.2, -0.15) is 0 Å². The van der Waals surface area contributed by atoms with E-state index in [-0.39, 0.29) is 30.0 Å². The number of morpholine rings is 1. The van der Waals surface area contributed by atoms with Crippen molar-refractivity contribution in [3.63, 3.8) is 0 Å². The number of aliphatic imine (C=N–C) groups is 1. The minimum atomic E-state index is 0. The highest BCUT2D eigenvalue weighted by molar-refractivity contribution is 14.0. The SMILES string of the molecule is COc1cccc(C(CN=C(N)NCCCN2CCOCC2)N2CCCC2)c1.I. The van der Waals surface area contributed by atoms with E-state index in [0.29, 0.717) is 12.5 Å². The maximum Gasteiger partial charge on any atom is 0.188 e. The fourth-order valence-electron chi connectivity index (χ4n) is 3.92. The fourth-order valence-corrected chi connectivity index (χ4v) is 3.92. The third-order valence-corrected chi connectivity index (χ3v) is 5.56. The van der Waals surface area contributed by atoms with Crippen LogP contribution in [-0.4, -0.2) is 81.9 Å². The lowest BCUT2D eigenvalue weighted by atomic mass is 10.1. The molecule has 1 aromatic carbocycles. The van der Waals surface area contributed by atoms with Gasteiger partial charge in [0.2, 0.25) is 0 Å². The van der Waals surface area contributed by atoms with E-state index >= 15 is 0 Å². The number of likely N-dealkylation sites (tertiary alicyclic amines) is 1. The second-order valence-electron chi connectivity index (χ2n) is 7.50. The average molecular weight is 517 g/mol. The van der Waals surface area contributed by atoms with Crippen LogP contribution in [0.3, 0.4) is 0 Å². The van der Waals surface area contributed by atoms with Gasteiger partial charge >= 0.3 is 0 Å². The molecule has 2 aliphatic heterocycles. The highest BCUT2D eigenvalue weighted by Gasteiger charge is 2.23. The van der Waals surface area contributed by atoms with Gasteiger partial charge in [0.05, 0.1) is 32.9 Å². The summed E-state index contributed by atoms with van der Waals surface area (Å²) in [6.45, 7) is 8.57. The van der Waals surface area contributed by atoms with Crippen molar-refractivity contribution in [1.29, 1.82) is 0 Å². The number of guanidine groups is 1. The number of rotatable bonds is 9. The number of halogens is 1. The van der Waals surface area contributed by atoms with Crippen LogP contribution in [0.5, 0.6) is 5.75 Å². The zero-order valence-electron chi connectivity index (χ0n) is 17.5. The number of hydrogen-bond acceptors (Lipinski definition) is 5. The molecule has 0 saturated carbocycles. The van der Waals surface area contributed by atoms with Gasteiger partial charge < -0.3 is 20.5 Å². The van der Waals surface area contributed by atoms with E-state index in [9.17, 15) is 0 Å². The van der Waals surface area contributed by atoms with Crippen molar-refractivity contribution in [3.05, 3.63) is 29.8 Å². The number of nitrogens with two attached hydrogens (primary N) is 1. The van der Waals surface area contributed by atoms with Crippen molar-refractivity contribution in [2.45, 2.75) is 25.3 Å². The van der Waals surface area contributed by atoms with Crippen molar-refractivity contribution in [3.8, 4) is 5.75 Å². The lowest BCUT2D eigenvalue weighted by Crippen LogP contribution is -2.39. The maximum atomic E-state index is 6.14. The molecule has 2 fully saturated rings. The Kier molecular flexibility index (Phi) is 11.0. The molecule has 2 aliphatic rings. The van der Waals surface area contributed by atoms with Gasteiger partial charge in [0.15, 0.2) is 5.96 Å². The normalized spacial score (nSPS) is 19.6. The third kappa shape index (κ3) is 7.92. The van der Waals surface area contributed by atoms with E-state index in [0.717, 1.165) is 64.7 Å². The fraction of sp³-hybridized carbons (Fsp3) is 0.667. The highest BCUT2D eigenvalue weighted by Crippen LogP contribution is 2.27. The molecule has 164 valence electrons. The summed E-state index contributed by atoms with van der Waals surface area (Å²) >= 11 is 0. The van der Waals surface area contributed by atoms with Crippen molar-refractivity contribution >= 4 is 29.9 Å². The quantitative estimate of drug-likeness (QED) is 0.226. The first-order valence-corrected chi connectivity index (χ1v) is 10.5. The summed E-state index contributed by atoms with van der Waals surface area (Å²) in [4.78, 5) is 9.59. The molecule has 0 aromatic heterocycles. The minimum Gasteiger partial charge on any atom is -0.497 e. The van der Waals surface area contributed by atoms with Crippen LogP contribution in [0.25, 0.3) is 0 Å². The Morgan fingerprint density at radius 3 is 2.72 bits per heavy atom. The molecule has 0 radical (unpaired) electrons. The van der Waals surface area contributed by atoms with E-state index in [1.807, 2.05) is 12.1 Å². The molecule has 8 heteroatoms. The van der Waals surface area contributed by atoms with Crippen LogP contribution in [0.1, 0.15) is 30.9 Å². The van der Waals surface area contributed by atoms with Gasteiger partial charge in [-0.05, 0) is 56.6 Å². The summed E-state index contributed by atoms with van der Waals surface area (Å²) in [5, 5.41) is 3.27. The first-order chi connectivity index (χ1) is 13.8. The smallest absolute Gasteiger partial charge is 0.188 e. The van der Waals surface area contributed by atoms with Crippen LogP contribution in [0.4, 0.5) is 0 Å². The van der Waals surface area contributed by atoms with E-state index < -0.39 is 0 Å². The maximum absolute atomic E-state index is 6.14. The Balaban J connectivity index is 0.00000300. The van der Waals surface area contributed by atoms with Crippen molar-refractivity contribution < 1.29 is 9.47 Å². The summed E-state index contributed by atoms with van der Waals surface area (Å²) < 4.78 is 10.8. The summed E-state index contributed by atoms with van der Waals surface area (Å²) in [5.41, 5.74) is 7.38. The van der Waals surface area contributed by atoms with Crippen LogP contribution >= 0.6 is 24.0 Å². The summed E-state index contributed by atoms with van der Waals surface area (Å²) in [5.74, 6) is 1.42. The summed E-state index contributed by atoms with van der Waals surface area (Å²) in [7, 11) is 1.71. The number of ether oxygens (including phenoxy) is 2. The molecule has 0 bridgehead atoms. The standard InChI is InChI=1S/C21H35N5O2.HI/c1-27-19-7-4-6-18(16-19)20(26-10-2-3-11-26)17-24-21(22)23-8-5-9-25-12-14-28-15-13-25;/h4,6-7,16,20H,2-3,5,8-15,17H2,1H3,(H3,22,23,24);1H. The molecule has 29 heavy (non-hydrogen) atoms. The lowest BCUT2D eigenvalue weighted by molar-refractivity contribution is 0.0376. The summed E-state index contributed by atoms with van der Waals surface area (Å²) in [6, 6.07) is 8.55. The van der Waals surface area contributed by atoms with Crippen LogP contribution < -0.4 is 15.8 Å². The Hall–Kier alpha value is -1.10. The van der Waals surface area contributed by atoms with E-state index in [4.69, 9.17) is 15.2 Å². The number of methoxy groups -OCH3 is 1. The molecule has 1 unspecified atom stereocenters. The zero-order valence-corrected chi connectivity index (χ0v) is 19.8. The zero-order chi connectivity index (χ0) is 19.6. The predicted octanol–water partition coefficient (Wildman–Crippen LogP) is 2.08. The molecule has 3 rings (SSSR count). The second kappa shape index (κ2) is 13.3. The largest absolute Gasteiger partial charge is 0.497 e. The minimum absolute atomic E-state index is 0. The van der Waals surface area contributed by atoms with Gasteiger partial charge in [0.25, 0.3) is 0 Å². The molecule has 7 nitrogen and oxygen atoms in total. The van der Waals surface area contributed by atoms with Crippen molar-refractivity contribution in [1.82, 2.24) is 15.1 Å². The first-order valence-electron chi connectivity index (χ1n) is 10.5. The predicted molar refractivity (Wildman–Crippen MR) is 128 cm³/mol. The Morgan fingerprint density at radius 1 is 1.24 bits per heavy atom. The first kappa shape index (κ1) is 24.2. The van der Waals surface area contributed by atoms with Crippen LogP contribution in [0, 0.1) is 0 Å². The Bertz CT molecular complexity index is 619. The molecule has 0 spiro atoms. The van der Waals surface area contributed by atoms with E-state index in [2.05, 4.69) is 32.2 Å². The second-order valence-corrected chi connectivity index (χ2v) is 7.50. The molecule has 2 heterocycles. The van der Waals surface area contributed by atoms with Crippen LogP contribution in [0.15, 0.2) is 29.3 Å². The van der Waals surface area contributed by atoms with Gasteiger partial charge in [-0.1, -0.05) is 12.1 Å². The third-order valence-electron chi connectivity index (χ3n) is 5.56. The Labute approximate surface area is 192 Å². The molecule has 0 aliphatic carbocycles. The molecule has 3 N–H and O–H groups in total. The molecular weight excluding hydrogens is 481 g/mol. The van der Waals surface area contributed by atoms with Crippen LogP contribution in [0.2, 0.25) is 0 Å². The van der Waals surface area contributed by atoms with E-state index in [1.54, 1.807) is 7.11 Å². The lowest BCUT2D eigenvalue weighted by Gasteiger charge is -2.27. The van der Waals surface area contributed by atoms with Gasteiger partial charge in [0.1, 0.15) is 5.75 Å². The van der Waals surface area contributed by atoms with Gasteiger partial charge in [-0.15, -0.1) is 24.0 Å². The molecular formula is C21H36IN5O2. The van der Waals surface area contributed by atoms with Gasteiger partial charge in [0, 0.05) is 19.6 Å². The Morgan fingerprint density at radius 2 is 2.00 bits per heavy atom. The molecule has 1 atom stereocenters. The number of nitrogens with one attached hydrogen (secondary N) is 1. The molecule has 1 aromatic rings. The molecule has 2 saturated heterocycles.